The van der Waals surface area contributed by atoms with Crippen LogP contribution in [0.15, 0.2) is 30.3 Å². The van der Waals surface area contributed by atoms with Crippen LogP contribution in [-0.2, 0) is 16.1 Å². The zero-order chi connectivity index (χ0) is 12.3. The van der Waals surface area contributed by atoms with E-state index < -0.39 is 0 Å². The van der Waals surface area contributed by atoms with E-state index in [4.69, 9.17) is 0 Å². The number of rotatable bonds is 3. The number of carbonyl (C=O) groups is 2. The molecule has 90 valence electrons. The number of Topliss-reactive ketones (excluding diaryl/α,β-unsaturated/α-hetero) is 1. The molecule has 0 aromatic heterocycles. The first-order valence-electron chi connectivity index (χ1n) is 6.05. The normalized spacial score (nSPS) is 20.8. The van der Waals surface area contributed by atoms with Crippen molar-refractivity contribution in [2.75, 3.05) is 6.54 Å². The smallest absolute Gasteiger partial charge is 0.230 e. The van der Waals surface area contributed by atoms with E-state index in [1.807, 2.05) is 37.3 Å². The molecule has 0 bridgehead atoms. The van der Waals surface area contributed by atoms with Crippen molar-refractivity contribution in [3.05, 3.63) is 35.9 Å². The van der Waals surface area contributed by atoms with Crippen LogP contribution in [0.25, 0.3) is 0 Å². The summed E-state index contributed by atoms with van der Waals surface area (Å²) in [6, 6.07) is 9.90. The Balaban J connectivity index is 2.05. The van der Waals surface area contributed by atoms with E-state index in [1.54, 1.807) is 4.90 Å². The van der Waals surface area contributed by atoms with E-state index >= 15 is 0 Å². The van der Waals surface area contributed by atoms with E-state index in [1.165, 1.54) is 0 Å². The monoisotopic (exact) mass is 231 g/mol. The fraction of sp³-hybridized carbons (Fsp3) is 0.429. The number of carbonyl (C=O) groups excluding carboxylic acids is 2. The predicted octanol–water partition coefficient (Wildman–Crippen LogP) is 2.01. The molecular weight excluding hydrogens is 214 g/mol. The molecule has 0 saturated carbocycles. The number of piperidine rings is 1. The quantitative estimate of drug-likeness (QED) is 0.746. The average Bonchev–Trinajstić information content (AvgIpc) is 2.34. The molecule has 0 N–H and O–H groups in total. The van der Waals surface area contributed by atoms with Crippen molar-refractivity contribution >= 4 is 11.7 Å². The molecule has 1 aromatic rings. The van der Waals surface area contributed by atoms with E-state index in [-0.39, 0.29) is 24.0 Å². The minimum atomic E-state index is -0.0384. The van der Waals surface area contributed by atoms with Crippen LogP contribution in [0.4, 0.5) is 0 Å². The summed E-state index contributed by atoms with van der Waals surface area (Å²) >= 11 is 0. The van der Waals surface area contributed by atoms with Gasteiger partial charge in [0, 0.05) is 19.0 Å². The third kappa shape index (κ3) is 2.73. The van der Waals surface area contributed by atoms with Crippen molar-refractivity contribution in [3.8, 4) is 0 Å². The maximum atomic E-state index is 11.8. The average molecular weight is 231 g/mol. The fourth-order valence-corrected chi connectivity index (χ4v) is 2.19. The molecule has 1 aliphatic heterocycles. The highest BCUT2D eigenvalue weighted by Gasteiger charge is 2.30. The van der Waals surface area contributed by atoms with Crippen LogP contribution in [0, 0.1) is 5.92 Å². The first kappa shape index (κ1) is 11.8. The molecule has 3 nitrogen and oxygen atoms in total. The largest absolute Gasteiger partial charge is 0.337 e. The number of hydrogen-bond acceptors (Lipinski definition) is 2. The molecule has 0 unspecified atom stereocenters. The zero-order valence-electron chi connectivity index (χ0n) is 10.1. The number of ketones is 1. The Bertz CT molecular complexity index is 413. The van der Waals surface area contributed by atoms with Crippen LogP contribution >= 0.6 is 0 Å². The van der Waals surface area contributed by atoms with Crippen molar-refractivity contribution in [1.29, 1.82) is 0 Å². The van der Waals surface area contributed by atoms with Gasteiger partial charge in [0.1, 0.15) is 5.78 Å². The van der Waals surface area contributed by atoms with E-state index in [0.29, 0.717) is 13.1 Å². The van der Waals surface area contributed by atoms with Gasteiger partial charge in [0.15, 0.2) is 0 Å². The molecular formula is C14H17NO2. The van der Waals surface area contributed by atoms with Crippen LogP contribution in [0.2, 0.25) is 0 Å². The van der Waals surface area contributed by atoms with Gasteiger partial charge in [0.25, 0.3) is 0 Å². The molecule has 0 aliphatic carbocycles. The third-order valence-corrected chi connectivity index (χ3v) is 3.28. The Labute approximate surface area is 101 Å². The minimum absolute atomic E-state index is 0.0245. The molecule has 1 heterocycles. The second kappa shape index (κ2) is 5.13. The van der Waals surface area contributed by atoms with Crippen molar-refractivity contribution in [3.63, 3.8) is 0 Å². The maximum absolute atomic E-state index is 11.8. The van der Waals surface area contributed by atoms with Gasteiger partial charge in [-0.05, 0) is 12.0 Å². The zero-order valence-corrected chi connectivity index (χ0v) is 10.1. The van der Waals surface area contributed by atoms with Gasteiger partial charge in [-0.1, -0.05) is 37.3 Å². The SMILES string of the molecule is CC[C@H]1CN(Cc2ccccc2)C(=O)CC1=O. The van der Waals surface area contributed by atoms with Crippen molar-refractivity contribution in [1.82, 2.24) is 4.90 Å². The lowest BCUT2D eigenvalue weighted by Gasteiger charge is -2.31. The number of benzene rings is 1. The lowest BCUT2D eigenvalue weighted by atomic mass is 9.93. The summed E-state index contributed by atoms with van der Waals surface area (Å²) in [7, 11) is 0. The van der Waals surface area contributed by atoms with Gasteiger partial charge in [-0.2, -0.15) is 0 Å². The first-order valence-corrected chi connectivity index (χ1v) is 6.05. The fourth-order valence-electron chi connectivity index (χ4n) is 2.19. The number of amides is 1. The summed E-state index contributed by atoms with van der Waals surface area (Å²) in [4.78, 5) is 25.2. The van der Waals surface area contributed by atoms with E-state index in [0.717, 1.165) is 12.0 Å². The molecule has 1 saturated heterocycles. The Kier molecular flexibility index (Phi) is 3.57. The molecule has 1 fully saturated rings. The number of likely N-dealkylation sites (tertiary alicyclic amines) is 1. The Morgan fingerprint density at radius 1 is 1.24 bits per heavy atom. The van der Waals surface area contributed by atoms with Gasteiger partial charge in [0.2, 0.25) is 5.91 Å². The number of nitrogens with zero attached hydrogens (tertiary/aromatic N) is 1. The molecule has 1 amide bonds. The Morgan fingerprint density at radius 3 is 2.59 bits per heavy atom. The highest BCUT2D eigenvalue weighted by Crippen LogP contribution is 2.19. The van der Waals surface area contributed by atoms with Crippen molar-refractivity contribution < 1.29 is 9.59 Å². The first-order chi connectivity index (χ1) is 8.20. The van der Waals surface area contributed by atoms with Gasteiger partial charge < -0.3 is 4.90 Å². The molecule has 1 atom stereocenters. The number of hydrogen-bond donors (Lipinski definition) is 0. The molecule has 0 radical (unpaired) electrons. The second-order valence-electron chi connectivity index (χ2n) is 4.51. The van der Waals surface area contributed by atoms with Gasteiger partial charge in [-0.3, -0.25) is 9.59 Å². The molecule has 17 heavy (non-hydrogen) atoms. The van der Waals surface area contributed by atoms with Gasteiger partial charge >= 0.3 is 0 Å². The lowest BCUT2D eigenvalue weighted by molar-refractivity contribution is -0.143. The summed E-state index contributed by atoms with van der Waals surface area (Å²) in [5.74, 6) is 0.0850. The molecule has 0 spiro atoms. The van der Waals surface area contributed by atoms with Crippen molar-refractivity contribution in [2.24, 2.45) is 5.92 Å². The summed E-state index contributed by atoms with van der Waals surface area (Å²) in [6.07, 6.45) is 0.892. The Hall–Kier alpha value is -1.64. The summed E-state index contributed by atoms with van der Waals surface area (Å²) in [5.41, 5.74) is 1.12. The van der Waals surface area contributed by atoms with Gasteiger partial charge in [-0.15, -0.1) is 0 Å². The minimum Gasteiger partial charge on any atom is -0.337 e. The molecule has 2 rings (SSSR count). The highest BCUT2D eigenvalue weighted by molar-refractivity contribution is 6.01. The van der Waals surface area contributed by atoms with Crippen molar-refractivity contribution in [2.45, 2.75) is 26.3 Å². The van der Waals surface area contributed by atoms with Crippen LogP contribution in [0.5, 0.6) is 0 Å². The second-order valence-corrected chi connectivity index (χ2v) is 4.51. The van der Waals surface area contributed by atoms with Crippen LogP contribution < -0.4 is 0 Å². The maximum Gasteiger partial charge on any atom is 0.230 e. The summed E-state index contributed by atoms with van der Waals surface area (Å²) < 4.78 is 0. The van der Waals surface area contributed by atoms with E-state index in [2.05, 4.69) is 0 Å². The third-order valence-electron chi connectivity index (χ3n) is 3.28. The van der Waals surface area contributed by atoms with Crippen LogP contribution in [0.3, 0.4) is 0 Å². The van der Waals surface area contributed by atoms with Gasteiger partial charge in [0.05, 0.1) is 6.42 Å². The van der Waals surface area contributed by atoms with E-state index in [9.17, 15) is 9.59 Å². The topological polar surface area (TPSA) is 37.4 Å². The van der Waals surface area contributed by atoms with Crippen LogP contribution in [-0.4, -0.2) is 23.1 Å². The van der Waals surface area contributed by atoms with Gasteiger partial charge in [-0.25, -0.2) is 0 Å². The molecule has 1 aromatic carbocycles. The summed E-state index contributed by atoms with van der Waals surface area (Å²) in [6.45, 7) is 3.19. The highest BCUT2D eigenvalue weighted by atomic mass is 16.2. The van der Waals surface area contributed by atoms with Crippen LogP contribution in [0.1, 0.15) is 25.3 Å². The standard InChI is InChI=1S/C14H17NO2/c1-2-12-10-15(14(17)8-13(12)16)9-11-6-4-3-5-7-11/h3-7,12H,2,8-10H2,1H3/t12-/m0/s1. The lowest BCUT2D eigenvalue weighted by Crippen LogP contribution is -2.44. The Morgan fingerprint density at radius 2 is 1.94 bits per heavy atom. The molecule has 1 aliphatic rings. The predicted molar refractivity (Wildman–Crippen MR) is 65.3 cm³/mol. The summed E-state index contributed by atoms with van der Waals surface area (Å²) in [5, 5.41) is 0. The molecule has 3 heteroatoms.